The molecule has 2 N–H and O–H groups in total. The molecule has 0 aliphatic carbocycles. The van der Waals surface area contributed by atoms with E-state index in [2.05, 4.69) is 9.78 Å². The molecule has 1 atom stereocenters. The van der Waals surface area contributed by atoms with Crippen LogP contribution in [0.15, 0.2) is 36.4 Å². The first kappa shape index (κ1) is 13.4. The van der Waals surface area contributed by atoms with Crippen molar-refractivity contribution in [3.05, 3.63) is 42.0 Å². The fraction of sp³-hybridized carbons (Fsp3) is 0.250. The van der Waals surface area contributed by atoms with E-state index >= 15 is 0 Å². The van der Waals surface area contributed by atoms with Crippen LogP contribution in [-0.2, 0) is 14.6 Å². The highest BCUT2D eigenvalue weighted by molar-refractivity contribution is 5.86. The van der Waals surface area contributed by atoms with Crippen LogP contribution in [0.4, 0.5) is 0 Å². The largest absolute Gasteiger partial charge is 0.394 e. The van der Waals surface area contributed by atoms with Crippen molar-refractivity contribution in [1.82, 2.24) is 0 Å². The van der Waals surface area contributed by atoms with Crippen LogP contribution in [0.25, 0.3) is 6.08 Å². The minimum absolute atomic E-state index is 0.262. The van der Waals surface area contributed by atoms with Gasteiger partial charge in [0.2, 0.25) is 0 Å². The van der Waals surface area contributed by atoms with Gasteiger partial charge in [0.05, 0.1) is 6.61 Å². The Labute approximate surface area is 98.8 Å². The molecule has 0 aromatic heterocycles. The lowest BCUT2D eigenvalue weighted by Gasteiger charge is -2.05. The molecule has 0 fully saturated rings. The maximum absolute atomic E-state index is 11.1. The predicted octanol–water partition coefficient (Wildman–Crippen LogP) is 0.528. The van der Waals surface area contributed by atoms with Crippen LogP contribution in [0.5, 0.6) is 0 Å². The van der Waals surface area contributed by atoms with E-state index in [1.807, 2.05) is 30.3 Å². The van der Waals surface area contributed by atoms with Gasteiger partial charge in [0.15, 0.2) is 0 Å². The molecule has 1 rings (SSSR count). The maximum atomic E-state index is 11.1. The summed E-state index contributed by atoms with van der Waals surface area (Å²) in [6.45, 7) is -0.710. The molecule has 0 spiro atoms. The third-order valence-corrected chi connectivity index (χ3v) is 1.82. The van der Waals surface area contributed by atoms with Crippen LogP contribution < -0.4 is 0 Å². The van der Waals surface area contributed by atoms with Crippen LogP contribution in [-0.4, -0.2) is 35.5 Å². The highest BCUT2D eigenvalue weighted by Crippen LogP contribution is 2.01. The van der Waals surface area contributed by atoms with Gasteiger partial charge in [0.25, 0.3) is 0 Å². The Hall–Kier alpha value is -1.69. The molecule has 0 amide bonds. The zero-order valence-electron chi connectivity index (χ0n) is 9.15. The first-order valence-electron chi connectivity index (χ1n) is 5.08. The van der Waals surface area contributed by atoms with E-state index in [9.17, 15) is 4.79 Å². The molecule has 0 radical (unpaired) electrons. The van der Waals surface area contributed by atoms with Crippen molar-refractivity contribution in [3.8, 4) is 0 Å². The minimum atomic E-state index is -1.05. The lowest BCUT2D eigenvalue weighted by molar-refractivity contribution is -0.278. The summed E-state index contributed by atoms with van der Waals surface area (Å²) in [5.41, 5.74) is 0.861. The van der Waals surface area contributed by atoms with Crippen molar-refractivity contribution in [2.24, 2.45) is 0 Å². The van der Waals surface area contributed by atoms with Crippen LogP contribution in [0, 0.1) is 0 Å². The molecular formula is C12H14O5. The SMILES string of the molecule is O=C(C=Cc1ccccc1)OOCC(O)CO. The van der Waals surface area contributed by atoms with E-state index in [0.29, 0.717) is 0 Å². The van der Waals surface area contributed by atoms with Crippen molar-refractivity contribution in [2.45, 2.75) is 6.10 Å². The van der Waals surface area contributed by atoms with Gasteiger partial charge in [0.1, 0.15) is 12.7 Å². The fourth-order valence-corrected chi connectivity index (χ4v) is 0.980. The van der Waals surface area contributed by atoms with Gasteiger partial charge >= 0.3 is 5.97 Å². The zero-order valence-corrected chi connectivity index (χ0v) is 9.15. The lowest BCUT2D eigenvalue weighted by atomic mass is 10.2. The molecule has 92 valence electrons. The number of rotatable bonds is 6. The number of benzene rings is 1. The van der Waals surface area contributed by atoms with Crippen molar-refractivity contribution >= 4 is 12.0 Å². The molecule has 5 nitrogen and oxygen atoms in total. The molecule has 17 heavy (non-hydrogen) atoms. The smallest absolute Gasteiger partial charge is 0.365 e. The molecule has 1 aromatic rings. The molecule has 0 aliphatic rings. The van der Waals surface area contributed by atoms with Gasteiger partial charge in [-0.1, -0.05) is 30.3 Å². The molecule has 0 aliphatic heterocycles. The molecule has 5 heteroatoms. The van der Waals surface area contributed by atoms with Crippen LogP contribution in [0.1, 0.15) is 5.56 Å². The van der Waals surface area contributed by atoms with E-state index in [0.717, 1.165) is 5.56 Å². The third kappa shape index (κ3) is 5.82. The van der Waals surface area contributed by atoms with Gasteiger partial charge in [-0.05, 0) is 11.6 Å². The van der Waals surface area contributed by atoms with E-state index in [4.69, 9.17) is 10.2 Å². The first-order valence-corrected chi connectivity index (χ1v) is 5.08. The molecule has 0 heterocycles. The Kier molecular flexibility index (Phi) is 5.95. The second kappa shape index (κ2) is 7.56. The monoisotopic (exact) mass is 238 g/mol. The lowest BCUT2D eigenvalue weighted by Crippen LogP contribution is -2.20. The second-order valence-electron chi connectivity index (χ2n) is 3.27. The normalized spacial score (nSPS) is 12.6. The number of carbonyl (C=O) groups excluding carboxylic acids is 1. The fourth-order valence-electron chi connectivity index (χ4n) is 0.980. The Morgan fingerprint density at radius 3 is 2.71 bits per heavy atom. The number of aliphatic hydroxyl groups excluding tert-OH is 2. The summed E-state index contributed by atoms with van der Waals surface area (Å²) in [6.07, 6.45) is 1.73. The Balaban J connectivity index is 2.28. The molecule has 1 aromatic carbocycles. The summed E-state index contributed by atoms with van der Waals surface area (Å²) in [4.78, 5) is 19.9. The average molecular weight is 238 g/mol. The minimum Gasteiger partial charge on any atom is -0.394 e. The molecule has 1 unspecified atom stereocenters. The van der Waals surface area contributed by atoms with E-state index in [1.54, 1.807) is 6.08 Å². The van der Waals surface area contributed by atoms with Crippen molar-refractivity contribution in [3.63, 3.8) is 0 Å². The summed E-state index contributed by atoms with van der Waals surface area (Å²) in [5.74, 6) is -0.681. The van der Waals surface area contributed by atoms with Crippen molar-refractivity contribution < 1.29 is 24.8 Å². The van der Waals surface area contributed by atoms with E-state index in [-0.39, 0.29) is 6.61 Å². The molecule has 0 saturated carbocycles. The third-order valence-electron chi connectivity index (χ3n) is 1.82. The topological polar surface area (TPSA) is 76.0 Å². The summed E-state index contributed by atoms with van der Waals surface area (Å²) >= 11 is 0. The number of carbonyl (C=O) groups is 1. The summed E-state index contributed by atoms with van der Waals surface area (Å²) in [7, 11) is 0. The van der Waals surface area contributed by atoms with Gasteiger partial charge < -0.3 is 10.2 Å². The second-order valence-corrected chi connectivity index (χ2v) is 3.27. The Morgan fingerprint density at radius 2 is 2.06 bits per heavy atom. The highest BCUT2D eigenvalue weighted by atomic mass is 17.2. The highest BCUT2D eigenvalue weighted by Gasteiger charge is 2.04. The van der Waals surface area contributed by atoms with Gasteiger partial charge in [0, 0.05) is 6.08 Å². The molecule has 0 saturated heterocycles. The molecular weight excluding hydrogens is 224 g/mol. The maximum Gasteiger partial charge on any atom is 0.365 e. The van der Waals surface area contributed by atoms with Crippen molar-refractivity contribution in [2.75, 3.05) is 13.2 Å². The van der Waals surface area contributed by atoms with Gasteiger partial charge in [-0.2, -0.15) is 4.89 Å². The van der Waals surface area contributed by atoms with Crippen molar-refractivity contribution in [1.29, 1.82) is 0 Å². The molecule has 0 bridgehead atoms. The number of hydrogen-bond acceptors (Lipinski definition) is 5. The Bertz CT molecular complexity index is 360. The standard InChI is InChI=1S/C12H14O5/c13-8-11(14)9-16-17-12(15)7-6-10-4-2-1-3-5-10/h1-7,11,13-14H,8-9H2. The van der Waals surface area contributed by atoms with E-state index < -0.39 is 18.7 Å². The van der Waals surface area contributed by atoms with Gasteiger partial charge in [-0.3, -0.25) is 4.89 Å². The Morgan fingerprint density at radius 1 is 1.35 bits per heavy atom. The number of aliphatic hydroxyl groups is 2. The summed E-state index contributed by atoms with van der Waals surface area (Å²) in [6, 6.07) is 9.23. The first-order chi connectivity index (χ1) is 8.22. The van der Waals surface area contributed by atoms with Gasteiger partial charge in [-0.25, -0.2) is 4.79 Å². The van der Waals surface area contributed by atoms with E-state index in [1.165, 1.54) is 6.08 Å². The number of hydrogen-bond donors (Lipinski definition) is 2. The van der Waals surface area contributed by atoms with Crippen LogP contribution in [0.3, 0.4) is 0 Å². The van der Waals surface area contributed by atoms with Crippen LogP contribution in [0.2, 0.25) is 0 Å². The predicted molar refractivity (Wildman–Crippen MR) is 60.6 cm³/mol. The summed E-state index contributed by atoms with van der Waals surface area (Å²) < 4.78 is 0. The summed E-state index contributed by atoms with van der Waals surface area (Å²) in [5, 5.41) is 17.4. The quantitative estimate of drug-likeness (QED) is 0.429. The zero-order chi connectivity index (χ0) is 12.5. The average Bonchev–Trinajstić information content (AvgIpc) is 2.37. The van der Waals surface area contributed by atoms with Crippen LogP contribution >= 0.6 is 0 Å². The van der Waals surface area contributed by atoms with Gasteiger partial charge in [-0.15, -0.1) is 0 Å².